The van der Waals surface area contributed by atoms with Crippen LogP contribution in [0.4, 0.5) is 5.69 Å². The maximum absolute atomic E-state index is 13.7. The number of benzene rings is 3. The lowest BCUT2D eigenvalue weighted by Crippen LogP contribution is -2.36. The molecule has 2 aliphatic heterocycles. The molecule has 0 bridgehead atoms. The fourth-order valence-corrected chi connectivity index (χ4v) is 6.01. The minimum absolute atomic E-state index is 0.0554. The summed E-state index contributed by atoms with van der Waals surface area (Å²) in [6.07, 6.45) is 3.12. The minimum atomic E-state index is -1.55. The van der Waals surface area contributed by atoms with Crippen LogP contribution in [0.25, 0.3) is 0 Å². The van der Waals surface area contributed by atoms with Gasteiger partial charge < -0.3 is 9.80 Å². The number of likely N-dealkylation sites (tertiary alicyclic amines) is 1. The average Bonchev–Trinajstić information content (AvgIpc) is 2.93. The molecule has 2 amide bonds. The quantitative estimate of drug-likeness (QED) is 0.513. The monoisotopic (exact) mass is 478 g/mol. The molecule has 0 aromatic heterocycles. The predicted octanol–water partition coefficient (Wildman–Crippen LogP) is 5.29. The van der Waals surface area contributed by atoms with Gasteiger partial charge in [0.2, 0.25) is 0 Å². The molecule has 2 aliphatic rings. The molecule has 0 aliphatic carbocycles. The van der Waals surface area contributed by atoms with Gasteiger partial charge in [0.25, 0.3) is 11.8 Å². The van der Waals surface area contributed by atoms with Gasteiger partial charge in [-0.3, -0.25) is 9.59 Å². The van der Waals surface area contributed by atoms with Crippen molar-refractivity contribution in [1.29, 1.82) is 0 Å². The van der Waals surface area contributed by atoms with Crippen LogP contribution in [0.2, 0.25) is 5.02 Å². The fraction of sp³-hybridized carbons (Fsp3) is 0.231. The van der Waals surface area contributed by atoms with Crippen molar-refractivity contribution in [2.45, 2.75) is 35.6 Å². The zero-order chi connectivity index (χ0) is 22.9. The lowest BCUT2D eigenvalue weighted by Gasteiger charge is -2.28. The lowest BCUT2D eigenvalue weighted by atomic mass is 10.1. The number of halogens is 1. The third-order valence-electron chi connectivity index (χ3n) is 6.13. The number of nitrogens with zero attached hydrogens (tertiary/aromatic N) is 2. The van der Waals surface area contributed by atoms with Crippen LogP contribution in [-0.4, -0.2) is 34.0 Å². The van der Waals surface area contributed by atoms with E-state index in [2.05, 4.69) is 0 Å². The molecule has 1 saturated heterocycles. The Morgan fingerprint density at radius 3 is 2.48 bits per heavy atom. The third-order valence-corrected chi connectivity index (χ3v) is 7.87. The highest BCUT2D eigenvalue weighted by Gasteiger charge is 2.32. The van der Waals surface area contributed by atoms with Crippen LogP contribution in [0, 0.1) is 0 Å². The van der Waals surface area contributed by atoms with E-state index in [0.29, 0.717) is 31.6 Å². The van der Waals surface area contributed by atoms with Crippen molar-refractivity contribution in [2.75, 3.05) is 18.0 Å². The van der Waals surface area contributed by atoms with Gasteiger partial charge in [-0.05, 0) is 67.3 Å². The summed E-state index contributed by atoms with van der Waals surface area (Å²) < 4.78 is 13.5. The molecule has 3 aromatic rings. The number of anilines is 1. The molecule has 0 radical (unpaired) electrons. The number of amides is 2. The Hall–Kier alpha value is -2.96. The van der Waals surface area contributed by atoms with Crippen LogP contribution in [0.1, 0.15) is 45.5 Å². The lowest BCUT2D eigenvalue weighted by molar-refractivity contribution is 0.0724. The smallest absolute Gasteiger partial charge is 0.259 e. The van der Waals surface area contributed by atoms with Gasteiger partial charge in [-0.2, -0.15) is 0 Å². The van der Waals surface area contributed by atoms with Gasteiger partial charge in [0.15, 0.2) is 0 Å². The van der Waals surface area contributed by atoms with Gasteiger partial charge in [0.05, 0.1) is 38.4 Å². The zero-order valence-electron chi connectivity index (χ0n) is 18.0. The SMILES string of the molecule is O=C(c1ccc2c(c1)N(Cc1cccc(Cl)c1)C(=O)c1ccccc1S2=O)N1CCCCC1. The van der Waals surface area contributed by atoms with E-state index in [9.17, 15) is 13.8 Å². The summed E-state index contributed by atoms with van der Waals surface area (Å²) in [7, 11) is -1.55. The summed E-state index contributed by atoms with van der Waals surface area (Å²) in [6, 6.07) is 19.5. The van der Waals surface area contributed by atoms with Gasteiger partial charge >= 0.3 is 0 Å². The van der Waals surface area contributed by atoms with E-state index in [0.717, 1.165) is 37.9 Å². The second kappa shape index (κ2) is 9.12. The average molecular weight is 479 g/mol. The molecule has 168 valence electrons. The maximum atomic E-state index is 13.7. The van der Waals surface area contributed by atoms with E-state index >= 15 is 0 Å². The maximum Gasteiger partial charge on any atom is 0.259 e. The molecule has 0 N–H and O–H groups in total. The molecule has 1 unspecified atom stereocenters. The van der Waals surface area contributed by atoms with Gasteiger partial charge in [0.1, 0.15) is 0 Å². The standard InChI is InChI=1S/C26H23ClN2O3S/c27-20-8-6-7-18(15-20)17-29-22-16-19(25(30)28-13-4-1-5-14-28)11-12-24(22)33(32)23-10-3-2-9-21(23)26(29)31/h2-3,6-12,15-16H,1,4-5,13-14,17H2. The molecule has 0 saturated carbocycles. The van der Waals surface area contributed by atoms with Gasteiger partial charge in [-0.15, -0.1) is 0 Å². The number of piperidine rings is 1. The highest BCUT2D eigenvalue weighted by atomic mass is 35.5. The molecule has 1 fully saturated rings. The second-order valence-corrected chi connectivity index (χ2v) is 10.2. The predicted molar refractivity (Wildman–Crippen MR) is 129 cm³/mol. The Morgan fingerprint density at radius 1 is 0.909 bits per heavy atom. The highest BCUT2D eigenvalue weighted by molar-refractivity contribution is 7.85. The first-order valence-corrected chi connectivity index (χ1v) is 12.6. The van der Waals surface area contributed by atoms with Crippen LogP contribution in [-0.2, 0) is 17.3 Å². The summed E-state index contributed by atoms with van der Waals surface area (Å²) in [4.78, 5) is 31.3. The van der Waals surface area contributed by atoms with Crippen molar-refractivity contribution in [1.82, 2.24) is 4.90 Å². The topological polar surface area (TPSA) is 57.7 Å². The van der Waals surface area contributed by atoms with E-state index in [1.807, 2.05) is 23.1 Å². The first kappa shape index (κ1) is 21.9. The number of hydrogen-bond acceptors (Lipinski definition) is 3. The fourth-order valence-electron chi connectivity index (χ4n) is 4.45. The molecule has 3 aromatic carbocycles. The summed E-state index contributed by atoms with van der Waals surface area (Å²) >= 11 is 6.19. The normalized spacial score (nSPS) is 17.8. The summed E-state index contributed by atoms with van der Waals surface area (Å²) in [5.74, 6) is -0.305. The third kappa shape index (κ3) is 4.21. The minimum Gasteiger partial charge on any atom is -0.339 e. The molecule has 1 atom stereocenters. The van der Waals surface area contributed by atoms with Gasteiger partial charge in [0, 0.05) is 23.7 Å². The van der Waals surface area contributed by atoms with Crippen molar-refractivity contribution in [3.05, 3.63) is 88.4 Å². The van der Waals surface area contributed by atoms with Crippen LogP contribution in [0.5, 0.6) is 0 Å². The Kier molecular flexibility index (Phi) is 6.04. The van der Waals surface area contributed by atoms with Crippen molar-refractivity contribution in [2.24, 2.45) is 0 Å². The molecule has 5 rings (SSSR count). The van der Waals surface area contributed by atoms with E-state index in [1.165, 1.54) is 0 Å². The Bertz CT molecular complexity index is 1270. The molecule has 33 heavy (non-hydrogen) atoms. The number of hydrogen-bond donors (Lipinski definition) is 0. The Labute approximate surface area is 200 Å². The van der Waals surface area contributed by atoms with Crippen molar-refractivity contribution < 1.29 is 13.8 Å². The van der Waals surface area contributed by atoms with E-state index in [4.69, 9.17) is 11.6 Å². The number of rotatable bonds is 3. The second-order valence-electron chi connectivity index (χ2n) is 8.32. The van der Waals surface area contributed by atoms with E-state index in [1.54, 1.807) is 53.4 Å². The van der Waals surface area contributed by atoms with Gasteiger partial charge in [-0.1, -0.05) is 35.9 Å². The summed E-state index contributed by atoms with van der Waals surface area (Å²) in [5.41, 5.74) is 2.25. The number of carbonyl (C=O) groups excluding carboxylic acids is 2. The van der Waals surface area contributed by atoms with Crippen LogP contribution in [0.15, 0.2) is 76.5 Å². The van der Waals surface area contributed by atoms with Crippen LogP contribution < -0.4 is 4.90 Å². The van der Waals surface area contributed by atoms with Crippen molar-refractivity contribution in [3.63, 3.8) is 0 Å². The molecule has 0 spiro atoms. The molecular weight excluding hydrogens is 456 g/mol. The highest BCUT2D eigenvalue weighted by Crippen LogP contribution is 2.36. The summed E-state index contributed by atoms with van der Waals surface area (Å²) in [6.45, 7) is 1.72. The molecule has 5 nitrogen and oxygen atoms in total. The Morgan fingerprint density at radius 2 is 1.70 bits per heavy atom. The Balaban J connectivity index is 1.62. The molecular formula is C26H23ClN2O3S. The zero-order valence-corrected chi connectivity index (χ0v) is 19.6. The number of fused-ring (bicyclic) bond motifs is 2. The molecule has 7 heteroatoms. The largest absolute Gasteiger partial charge is 0.339 e. The van der Waals surface area contributed by atoms with E-state index in [-0.39, 0.29) is 18.4 Å². The van der Waals surface area contributed by atoms with Crippen LogP contribution >= 0.6 is 11.6 Å². The van der Waals surface area contributed by atoms with Crippen molar-refractivity contribution >= 4 is 39.9 Å². The molecule has 2 heterocycles. The first-order chi connectivity index (χ1) is 16.0. The number of carbonyl (C=O) groups is 2. The summed E-state index contributed by atoms with van der Waals surface area (Å²) in [5, 5.41) is 0.577. The van der Waals surface area contributed by atoms with Gasteiger partial charge in [-0.25, -0.2) is 4.21 Å². The van der Waals surface area contributed by atoms with Crippen molar-refractivity contribution in [3.8, 4) is 0 Å². The first-order valence-electron chi connectivity index (χ1n) is 11.0. The van der Waals surface area contributed by atoms with E-state index < -0.39 is 10.8 Å². The van der Waals surface area contributed by atoms with Crippen LogP contribution in [0.3, 0.4) is 0 Å².